The molecule has 0 aromatic heterocycles. The molecular formula is C16H24BrFN4O. The SMILES string of the molecule is CN=C(NCCc1cc(Br)ccc1F)NCC(=O)NC(C)(C)C. The van der Waals surface area contributed by atoms with E-state index in [0.717, 1.165) is 4.47 Å². The Hall–Kier alpha value is -1.63. The van der Waals surface area contributed by atoms with Gasteiger partial charge < -0.3 is 16.0 Å². The number of amides is 1. The summed E-state index contributed by atoms with van der Waals surface area (Å²) in [4.78, 5) is 15.8. The lowest BCUT2D eigenvalue weighted by atomic mass is 10.1. The Morgan fingerprint density at radius 1 is 1.30 bits per heavy atom. The van der Waals surface area contributed by atoms with Gasteiger partial charge in [-0.15, -0.1) is 0 Å². The quantitative estimate of drug-likeness (QED) is 0.536. The van der Waals surface area contributed by atoms with Crippen molar-refractivity contribution in [2.45, 2.75) is 32.7 Å². The van der Waals surface area contributed by atoms with E-state index in [9.17, 15) is 9.18 Å². The average Bonchev–Trinajstić information content (AvgIpc) is 2.44. The minimum absolute atomic E-state index is 0.113. The van der Waals surface area contributed by atoms with Gasteiger partial charge in [0.25, 0.3) is 0 Å². The van der Waals surface area contributed by atoms with Gasteiger partial charge in [0.2, 0.25) is 5.91 Å². The number of halogens is 2. The monoisotopic (exact) mass is 386 g/mol. The lowest BCUT2D eigenvalue weighted by Gasteiger charge is -2.21. The van der Waals surface area contributed by atoms with Gasteiger partial charge in [-0.25, -0.2) is 4.39 Å². The second-order valence-corrected chi connectivity index (χ2v) is 7.05. The van der Waals surface area contributed by atoms with Crippen LogP contribution in [0.1, 0.15) is 26.3 Å². The van der Waals surface area contributed by atoms with Crippen LogP contribution in [-0.2, 0) is 11.2 Å². The fraction of sp³-hybridized carbons (Fsp3) is 0.500. The first kappa shape index (κ1) is 19.4. The molecule has 0 aliphatic heterocycles. The van der Waals surface area contributed by atoms with Gasteiger partial charge >= 0.3 is 0 Å². The number of nitrogens with one attached hydrogen (secondary N) is 3. The Labute approximate surface area is 145 Å². The summed E-state index contributed by atoms with van der Waals surface area (Å²) in [5.74, 6) is 0.158. The highest BCUT2D eigenvalue weighted by Crippen LogP contribution is 2.15. The van der Waals surface area contributed by atoms with E-state index >= 15 is 0 Å². The van der Waals surface area contributed by atoms with E-state index in [4.69, 9.17) is 0 Å². The molecule has 1 rings (SSSR count). The summed E-state index contributed by atoms with van der Waals surface area (Å²) in [7, 11) is 1.62. The number of hydrogen-bond donors (Lipinski definition) is 3. The molecule has 1 amide bonds. The molecule has 0 spiro atoms. The minimum Gasteiger partial charge on any atom is -0.356 e. The topological polar surface area (TPSA) is 65.5 Å². The van der Waals surface area contributed by atoms with Crippen molar-refractivity contribution in [2.75, 3.05) is 20.1 Å². The Morgan fingerprint density at radius 3 is 2.61 bits per heavy atom. The van der Waals surface area contributed by atoms with Crippen LogP contribution >= 0.6 is 15.9 Å². The van der Waals surface area contributed by atoms with Crippen LogP contribution in [0.2, 0.25) is 0 Å². The van der Waals surface area contributed by atoms with Crippen molar-refractivity contribution in [3.8, 4) is 0 Å². The maximum absolute atomic E-state index is 13.6. The van der Waals surface area contributed by atoms with Crippen LogP contribution in [0, 0.1) is 5.82 Å². The first-order valence-corrected chi connectivity index (χ1v) is 8.20. The molecule has 1 aromatic carbocycles. The Bertz CT molecular complexity index is 570. The largest absolute Gasteiger partial charge is 0.356 e. The third kappa shape index (κ3) is 7.97. The molecule has 7 heteroatoms. The first-order chi connectivity index (χ1) is 10.7. The van der Waals surface area contributed by atoms with Gasteiger partial charge in [0.1, 0.15) is 5.82 Å². The van der Waals surface area contributed by atoms with Gasteiger partial charge in [-0.3, -0.25) is 9.79 Å². The van der Waals surface area contributed by atoms with E-state index in [2.05, 4.69) is 36.9 Å². The molecule has 0 heterocycles. The molecule has 0 saturated carbocycles. The molecule has 0 aliphatic rings. The maximum Gasteiger partial charge on any atom is 0.239 e. The normalized spacial score (nSPS) is 12.0. The lowest BCUT2D eigenvalue weighted by molar-refractivity contribution is -0.121. The third-order valence-electron chi connectivity index (χ3n) is 2.85. The zero-order chi connectivity index (χ0) is 17.5. The summed E-state index contributed by atoms with van der Waals surface area (Å²) in [5.41, 5.74) is 0.348. The molecule has 1 aromatic rings. The predicted octanol–water partition coefficient (Wildman–Crippen LogP) is 2.21. The summed E-state index contributed by atoms with van der Waals surface area (Å²) in [6.07, 6.45) is 0.514. The maximum atomic E-state index is 13.6. The van der Waals surface area contributed by atoms with Crippen molar-refractivity contribution in [2.24, 2.45) is 4.99 Å². The van der Waals surface area contributed by atoms with Gasteiger partial charge in [-0.1, -0.05) is 15.9 Å². The van der Waals surface area contributed by atoms with Crippen LogP contribution in [0.5, 0.6) is 0 Å². The number of carbonyl (C=O) groups is 1. The van der Waals surface area contributed by atoms with E-state index in [1.165, 1.54) is 6.07 Å². The van der Waals surface area contributed by atoms with Gasteiger partial charge in [0.05, 0.1) is 6.54 Å². The van der Waals surface area contributed by atoms with Gasteiger partial charge in [-0.2, -0.15) is 0 Å². The summed E-state index contributed by atoms with van der Waals surface area (Å²) in [5, 5.41) is 8.84. The zero-order valence-corrected chi connectivity index (χ0v) is 15.6. The van der Waals surface area contributed by atoms with Crippen LogP contribution in [0.15, 0.2) is 27.7 Å². The standard InChI is InChI=1S/C16H24BrFN4O/c1-16(2,3)22-14(23)10-21-15(19-4)20-8-7-11-9-12(17)5-6-13(11)18/h5-6,9H,7-8,10H2,1-4H3,(H,22,23)(H2,19,20,21). The number of hydrogen-bond acceptors (Lipinski definition) is 2. The van der Waals surface area contributed by atoms with Crippen molar-refractivity contribution < 1.29 is 9.18 Å². The number of nitrogens with zero attached hydrogens (tertiary/aromatic N) is 1. The van der Waals surface area contributed by atoms with Gasteiger partial charge in [0.15, 0.2) is 5.96 Å². The molecule has 128 valence electrons. The molecule has 3 N–H and O–H groups in total. The van der Waals surface area contributed by atoms with Crippen molar-refractivity contribution in [1.29, 1.82) is 0 Å². The molecule has 0 saturated heterocycles. The highest BCUT2D eigenvalue weighted by molar-refractivity contribution is 9.10. The molecule has 0 radical (unpaired) electrons. The molecule has 0 bridgehead atoms. The summed E-state index contributed by atoms with van der Waals surface area (Å²) in [6.45, 7) is 6.40. The molecule has 5 nitrogen and oxygen atoms in total. The van der Waals surface area contributed by atoms with Gasteiger partial charge in [-0.05, 0) is 51.0 Å². The number of rotatable bonds is 5. The van der Waals surface area contributed by atoms with E-state index in [1.807, 2.05) is 20.8 Å². The number of guanidine groups is 1. The highest BCUT2D eigenvalue weighted by atomic mass is 79.9. The Balaban J connectivity index is 2.40. The Morgan fingerprint density at radius 2 is 2.00 bits per heavy atom. The number of benzene rings is 1. The van der Waals surface area contributed by atoms with E-state index in [0.29, 0.717) is 24.5 Å². The lowest BCUT2D eigenvalue weighted by Crippen LogP contribution is -2.48. The van der Waals surface area contributed by atoms with Crippen molar-refractivity contribution in [3.63, 3.8) is 0 Å². The number of carbonyl (C=O) groups excluding carboxylic acids is 1. The summed E-state index contributed by atoms with van der Waals surface area (Å²) < 4.78 is 14.5. The van der Waals surface area contributed by atoms with Crippen molar-refractivity contribution in [1.82, 2.24) is 16.0 Å². The highest BCUT2D eigenvalue weighted by Gasteiger charge is 2.13. The van der Waals surface area contributed by atoms with Crippen LogP contribution < -0.4 is 16.0 Å². The first-order valence-electron chi connectivity index (χ1n) is 7.41. The number of aliphatic imine (C=N–C) groups is 1. The molecular weight excluding hydrogens is 363 g/mol. The van der Waals surface area contributed by atoms with Crippen LogP contribution in [-0.4, -0.2) is 37.5 Å². The van der Waals surface area contributed by atoms with Crippen LogP contribution in [0.4, 0.5) is 4.39 Å². The fourth-order valence-corrected chi connectivity index (χ4v) is 2.31. The molecule has 0 aliphatic carbocycles. The van der Waals surface area contributed by atoms with Crippen molar-refractivity contribution >= 4 is 27.8 Å². The second kappa shape index (κ2) is 8.86. The minimum atomic E-state index is -0.270. The smallest absolute Gasteiger partial charge is 0.239 e. The summed E-state index contributed by atoms with van der Waals surface area (Å²) >= 11 is 3.33. The third-order valence-corrected chi connectivity index (χ3v) is 3.34. The molecule has 0 fully saturated rings. The zero-order valence-electron chi connectivity index (χ0n) is 14.0. The molecule has 0 atom stereocenters. The Kier molecular flexibility index (Phi) is 7.48. The van der Waals surface area contributed by atoms with E-state index in [-0.39, 0.29) is 23.8 Å². The van der Waals surface area contributed by atoms with Crippen LogP contribution in [0.25, 0.3) is 0 Å². The molecule has 23 heavy (non-hydrogen) atoms. The summed E-state index contributed by atoms with van der Waals surface area (Å²) in [6, 6.07) is 4.86. The van der Waals surface area contributed by atoms with E-state index < -0.39 is 0 Å². The average molecular weight is 387 g/mol. The van der Waals surface area contributed by atoms with E-state index in [1.54, 1.807) is 19.2 Å². The van der Waals surface area contributed by atoms with Crippen molar-refractivity contribution in [3.05, 3.63) is 34.1 Å². The molecule has 0 unspecified atom stereocenters. The van der Waals surface area contributed by atoms with Crippen LogP contribution in [0.3, 0.4) is 0 Å². The fourth-order valence-electron chi connectivity index (χ4n) is 1.90. The second-order valence-electron chi connectivity index (χ2n) is 6.14. The van der Waals surface area contributed by atoms with Gasteiger partial charge in [0, 0.05) is 23.6 Å². The predicted molar refractivity (Wildman–Crippen MR) is 95.1 cm³/mol.